The number of likely N-dealkylation sites (tertiary alicyclic amines) is 1. The standard InChI is InChI=1S/C13H20N4O2/c1-3-19-13(18)12-14-7-4-11(16-12)15-10-5-8-17(2)9-6-10/h4,7,10H,3,5-6,8-9H2,1-2H3,(H,14,15,16). The summed E-state index contributed by atoms with van der Waals surface area (Å²) in [6.45, 7) is 4.24. The first-order valence-corrected chi connectivity index (χ1v) is 6.64. The number of nitrogens with one attached hydrogen (secondary N) is 1. The molecule has 2 heterocycles. The summed E-state index contributed by atoms with van der Waals surface area (Å²) in [6.07, 6.45) is 3.74. The molecule has 0 amide bonds. The molecule has 0 unspecified atom stereocenters. The summed E-state index contributed by atoms with van der Waals surface area (Å²) in [5, 5.41) is 3.35. The SMILES string of the molecule is CCOC(=O)c1nccc(NC2CCN(C)CC2)n1. The van der Waals surface area contributed by atoms with Crippen LogP contribution in [0.4, 0.5) is 5.82 Å². The lowest BCUT2D eigenvalue weighted by Gasteiger charge is -2.29. The predicted molar refractivity (Wildman–Crippen MR) is 72.1 cm³/mol. The van der Waals surface area contributed by atoms with Crippen molar-refractivity contribution in [2.24, 2.45) is 0 Å². The van der Waals surface area contributed by atoms with Crippen LogP contribution in [0.15, 0.2) is 12.3 Å². The van der Waals surface area contributed by atoms with Crippen molar-refractivity contribution in [1.82, 2.24) is 14.9 Å². The molecule has 19 heavy (non-hydrogen) atoms. The normalized spacial score (nSPS) is 17.2. The lowest BCUT2D eigenvalue weighted by molar-refractivity contribution is 0.0512. The molecule has 1 fully saturated rings. The van der Waals surface area contributed by atoms with Gasteiger partial charge in [-0.05, 0) is 46.0 Å². The number of piperidine rings is 1. The maximum atomic E-state index is 11.6. The highest BCUT2D eigenvalue weighted by atomic mass is 16.5. The molecule has 0 radical (unpaired) electrons. The number of carbonyl (C=O) groups excluding carboxylic acids is 1. The van der Waals surface area contributed by atoms with Crippen LogP contribution < -0.4 is 5.32 Å². The number of ether oxygens (including phenoxy) is 1. The molecule has 1 aliphatic rings. The van der Waals surface area contributed by atoms with Crippen LogP contribution in [0.2, 0.25) is 0 Å². The Balaban J connectivity index is 1.97. The van der Waals surface area contributed by atoms with Gasteiger partial charge in [-0.1, -0.05) is 0 Å². The summed E-state index contributed by atoms with van der Waals surface area (Å²) in [6, 6.07) is 2.18. The number of nitrogens with zero attached hydrogens (tertiary/aromatic N) is 3. The number of esters is 1. The molecule has 0 aromatic carbocycles. The second kappa shape index (κ2) is 6.47. The highest BCUT2D eigenvalue weighted by Gasteiger charge is 2.17. The number of rotatable bonds is 4. The van der Waals surface area contributed by atoms with Crippen molar-refractivity contribution in [2.75, 3.05) is 32.1 Å². The van der Waals surface area contributed by atoms with Crippen LogP contribution in [-0.2, 0) is 4.74 Å². The van der Waals surface area contributed by atoms with Gasteiger partial charge in [-0.3, -0.25) is 0 Å². The first-order valence-electron chi connectivity index (χ1n) is 6.64. The van der Waals surface area contributed by atoms with Crippen molar-refractivity contribution in [3.63, 3.8) is 0 Å². The second-order valence-electron chi connectivity index (χ2n) is 4.71. The van der Waals surface area contributed by atoms with Crippen LogP contribution in [0.1, 0.15) is 30.4 Å². The molecule has 1 aliphatic heterocycles. The monoisotopic (exact) mass is 264 g/mol. The van der Waals surface area contributed by atoms with Crippen molar-refractivity contribution < 1.29 is 9.53 Å². The number of hydrogen-bond acceptors (Lipinski definition) is 6. The molecular weight excluding hydrogens is 244 g/mol. The first-order chi connectivity index (χ1) is 9.19. The highest BCUT2D eigenvalue weighted by Crippen LogP contribution is 2.14. The average Bonchev–Trinajstić information content (AvgIpc) is 2.42. The summed E-state index contributed by atoms with van der Waals surface area (Å²) in [4.78, 5) is 22.0. The Hall–Kier alpha value is -1.69. The van der Waals surface area contributed by atoms with Crippen LogP contribution in [0, 0.1) is 0 Å². The minimum Gasteiger partial charge on any atom is -0.460 e. The maximum Gasteiger partial charge on any atom is 0.376 e. The molecule has 6 nitrogen and oxygen atoms in total. The zero-order valence-corrected chi connectivity index (χ0v) is 11.4. The van der Waals surface area contributed by atoms with Crippen molar-refractivity contribution in [3.8, 4) is 0 Å². The zero-order valence-electron chi connectivity index (χ0n) is 11.4. The van der Waals surface area contributed by atoms with Gasteiger partial charge < -0.3 is 15.0 Å². The predicted octanol–water partition coefficient (Wildman–Crippen LogP) is 1.16. The lowest BCUT2D eigenvalue weighted by atomic mass is 10.1. The molecule has 1 aromatic heterocycles. The van der Waals surface area contributed by atoms with Crippen LogP contribution >= 0.6 is 0 Å². The van der Waals surface area contributed by atoms with E-state index in [9.17, 15) is 4.79 Å². The number of hydrogen-bond donors (Lipinski definition) is 1. The molecule has 0 saturated carbocycles. The molecule has 0 atom stereocenters. The Labute approximate surface area is 113 Å². The first kappa shape index (κ1) is 13.7. The van der Waals surface area contributed by atoms with Gasteiger partial charge in [0, 0.05) is 12.2 Å². The third-order valence-electron chi connectivity index (χ3n) is 3.18. The van der Waals surface area contributed by atoms with E-state index in [1.165, 1.54) is 0 Å². The smallest absolute Gasteiger partial charge is 0.376 e. The zero-order chi connectivity index (χ0) is 13.7. The molecule has 1 saturated heterocycles. The van der Waals surface area contributed by atoms with E-state index in [-0.39, 0.29) is 5.82 Å². The van der Waals surface area contributed by atoms with Crippen molar-refractivity contribution in [3.05, 3.63) is 18.1 Å². The highest BCUT2D eigenvalue weighted by molar-refractivity contribution is 5.85. The Morgan fingerprint density at radius 3 is 2.95 bits per heavy atom. The third-order valence-corrected chi connectivity index (χ3v) is 3.18. The molecule has 1 aromatic rings. The van der Waals surface area contributed by atoms with Crippen molar-refractivity contribution in [1.29, 1.82) is 0 Å². The summed E-state index contributed by atoms with van der Waals surface area (Å²) in [5.74, 6) is 0.321. The van der Waals surface area contributed by atoms with Gasteiger partial charge in [-0.2, -0.15) is 0 Å². The van der Waals surface area contributed by atoms with E-state index in [0.717, 1.165) is 25.9 Å². The van der Waals surface area contributed by atoms with Crippen LogP contribution in [0.5, 0.6) is 0 Å². The van der Waals surface area contributed by atoms with Gasteiger partial charge in [-0.25, -0.2) is 14.8 Å². The van der Waals surface area contributed by atoms with Gasteiger partial charge in [0.05, 0.1) is 6.61 Å². The quantitative estimate of drug-likeness (QED) is 0.823. The molecule has 0 bridgehead atoms. The van der Waals surface area contributed by atoms with E-state index in [2.05, 4.69) is 27.2 Å². The van der Waals surface area contributed by atoms with Crippen LogP contribution in [0.25, 0.3) is 0 Å². The number of anilines is 1. The average molecular weight is 264 g/mol. The van der Waals surface area contributed by atoms with E-state index in [4.69, 9.17) is 4.74 Å². The fourth-order valence-electron chi connectivity index (χ4n) is 2.10. The van der Waals surface area contributed by atoms with E-state index in [1.54, 1.807) is 19.2 Å². The second-order valence-corrected chi connectivity index (χ2v) is 4.71. The Bertz CT molecular complexity index is 430. The van der Waals surface area contributed by atoms with Gasteiger partial charge in [0.25, 0.3) is 0 Å². The molecule has 0 aliphatic carbocycles. The molecule has 1 N–H and O–H groups in total. The fourth-order valence-corrected chi connectivity index (χ4v) is 2.10. The molecule has 104 valence electrons. The summed E-state index contributed by atoms with van der Waals surface area (Å²) < 4.78 is 4.89. The fraction of sp³-hybridized carbons (Fsp3) is 0.615. The van der Waals surface area contributed by atoms with E-state index < -0.39 is 5.97 Å². The van der Waals surface area contributed by atoms with Crippen molar-refractivity contribution in [2.45, 2.75) is 25.8 Å². The van der Waals surface area contributed by atoms with Crippen LogP contribution in [-0.4, -0.2) is 53.6 Å². The third kappa shape index (κ3) is 3.89. The van der Waals surface area contributed by atoms with Gasteiger partial charge in [-0.15, -0.1) is 0 Å². The van der Waals surface area contributed by atoms with E-state index in [0.29, 0.717) is 18.5 Å². The van der Waals surface area contributed by atoms with Crippen molar-refractivity contribution >= 4 is 11.8 Å². The molecule has 6 heteroatoms. The maximum absolute atomic E-state index is 11.6. The van der Waals surface area contributed by atoms with E-state index >= 15 is 0 Å². The van der Waals surface area contributed by atoms with Gasteiger partial charge >= 0.3 is 5.97 Å². The molecular formula is C13H20N4O2. The summed E-state index contributed by atoms with van der Waals surface area (Å²) >= 11 is 0. The Morgan fingerprint density at radius 1 is 1.53 bits per heavy atom. The van der Waals surface area contributed by atoms with Crippen LogP contribution in [0.3, 0.4) is 0 Å². The molecule has 0 spiro atoms. The number of aromatic nitrogens is 2. The van der Waals surface area contributed by atoms with E-state index in [1.807, 2.05) is 0 Å². The number of carbonyl (C=O) groups is 1. The Kier molecular flexibility index (Phi) is 4.68. The molecule has 2 rings (SSSR count). The van der Waals surface area contributed by atoms with Gasteiger partial charge in [0.1, 0.15) is 5.82 Å². The minimum atomic E-state index is -0.477. The Morgan fingerprint density at radius 2 is 2.26 bits per heavy atom. The summed E-state index contributed by atoms with van der Waals surface area (Å²) in [5.41, 5.74) is 0. The topological polar surface area (TPSA) is 67.3 Å². The largest absolute Gasteiger partial charge is 0.460 e. The minimum absolute atomic E-state index is 0.111. The van der Waals surface area contributed by atoms with Gasteiger partial charge in [0.2, 0.25) is 5.82 Å². The lowest BCUT2D eigenvalue weighted by Crippen LogP contribution is -2.37. The summed E-state index contributed by atoms with van der Waals surface area (Å²) in [7, 11) is 2.12. The van der Waals surface area contributed by atoms with Gasteiger partial charge in [0.15, 0.2) is 0 Å².